The molecule has 1 fully saturated rings. The smallest absolute Gasteiger partial charge is 0.258 e. The van der Waals surface area contributed by atoms with Crippen molar-refractivity contribution in [1.29, 1.82) is 0 Å². The molecule has 3 atom stereocenters. The van der Waals surface area contributed by atoms with Crippen LogP contribution in [0.4, 0.5) is 0 Å². The van der Waals surface area contributed by atoms with Crippen LogP contribution in [-0.2, 0) is 21.0 Å². The summed E-state index contributed by atoms with van der Waals surface area (Å²) in [5, 5.41) is 0. The van der Waals surface area contributed by atoms with Crippen LogP contribution in [0.25, 0.3) is 22.3 Å². The summed E-state index contributed by atoms with van der Waals surface area (Å²) in [6.45, 7) is 61.8. The Labute approximate surface area is 696 Å². The number of nitrogens with zero attached hydrogens (tertiary/aromatic N) is 7. The third-order valence-electron chi connectivity index (χ3n) is 24.9. The van der Waals surface area contributed by atoms with Crippen LogP contribution in [0.1, 0.15) is 344 Å². The summed E-state index contributed by atoms with van der Waals surface area (Å²) in [5.41, 5.74) is 5.11. The van der Waals surface area contributed by atoms with Crippen LogP contribution in [0.15, 0.2) is 103 Å². The van der Waals surface area contributed by atoms with Crippen LogP contribution >= 0.6 is 0 Å². The second-order valence-corrected chi connectivity index (χ2v) is 37.7. The molecule has 1 saturated heterocycles. The van der Waals surface area contributed by atoms with Crippen molar-refractivity contribution in [3.05, 3.63) is 187 Å². The van der Waals surface area contributed by atoms with Gasteiger partial charge in [0, 0.05) is 139 Å². The molecule has 0 spiro atoms. The minimum absolute atomic E-state index is 0.0783. The van der Waals surface area contributed by atoms with Gasteiger partial charge in [0.2, 0.25) is 0 Å². The molecule has 18 heteroatoms. The number of rotatable bonds is 23. The highest BCUT2D eigenvalue weighted by Crippen LogP contribution is 2.60. The zero-order chi connectivity index (χ0) is 86.7. The van der Waals surface area contributed by atoms with E-state index in [-0.39, 0.29) is 159 Å². The monoisotopic (exact) mass is 1590 g/mol. The maximum absolute atomic E-state index is 17.1. The molecule has 626 valence electrons. The van der Waals surface area contributed by atoms with Gasteiger partial charge in [-0.2, -0.15) is 0 Å². The number of ether oxygens (including phenoxy) is 4. The van der Waals surface area contributed by atoms with E-state index in [1.165, 1.54) is 0 Å². The first-order valence-electron chi connectivity index (χ1n) is 42.6. The van der Waals surface area contributed by atoms with Crippen LogP contribution in [0, 0.1) is 0 Å². The predicted molar refractivity (Wildman–Crippen MR) is 468 cm³/mol. The lowest BCUT2D eigenvalue weighted by atomic mass is 9.71. The maximum atomic E-state index is 17.1. The van der Waals surface area contributed by atoms with Crippen molar-refractivity contribution < 1.29 is 52.5 Å². The summed E-state index contributed by atoms with van der Waals surface area (Å²) in [6.07, 6.45) is -0.377. The Kier molecular flexibility index (Phi) is 24.8. The van der Waals surface area contributed by atoms with E-state index < -0.39 is 46.1 Å². The topological polar surface area (TPSA) is 179 Å². The van der Waals surface area contributed by atoms with Gasteiger partial charge in [0.15, 0.2) is 6.29 Å². The van der Waals surface area contributed by atoms with Gasteiger partial charge in [0.1, 0.15) is 46.8 Å². The molecule has 0 saturated carbocycles. The highest BCUT2D eigenvalue weighted by atomic mass is 16.5. The summed E-state index contributed by atoms with van der Waals surface area (Å²) < 4.78 is 30.1. The maximum Gasteiger partial charge on any atom is 0.258 e. The van der Waals surface area contributed by atoms with Crippen molar-refractivity contribution in [1.82, 2.24) is 34.3 Å². The molecule has 11 rings (SSSR count). The molecule has 0 radical (unpaired) electrons. The molecule has 0 unspecified atom stereocenters. The van der Waals surface area contributed by atoms with Crippen molar-refractivity contribution in [2.45, 2.75) is 322 Å². The Balaban J connectivity index is 1.25. The molecular weight excluding hydrogens is 1460 g/mol. The van der Waals surface area contributed by atoms with Crippen LogP contribution in [0.3, 0.4) is 0 Å². The average Bonchev–Trinajstić information content (AvgIpc) is 0.852. The third kappa shape index (κ3) is 14.9. The fourth-order valence-corrected chi connectivity index (χ4v) is 19.6. The van der Waals surface area contributed by atoms with Crippen LogP contribution in [0.5, 0.6) is 34.5 Å². The van der Waals surface area contributed by atoms with E-state index in [1.54, 1.807) is 20.8 Å². The highest BCUT2D eigenvalue weighted by Gasteiger charge is 2.51. The molecule has 4 aliphatic heterocycles. The van der Waals surface area contributed by atoms with Crippen LogP contribution in [0.2, 0.25) is 0 Å². The Hall–Kier alpha value is -9.65. The average molecular weight is 1590 g/mol. The SMILES string of the molecule is CC(C)N(C(=O)c1c(C=O)ccc2c1Oc1c(ccc(-c3ccc4c(c3C(=O)N(C(C)C)C(C)C)Oc3c(ccc(-c5ccc6c(c5C(=O)N(C(C)C)C(C)C)Oc5c(ccc([C@@H]7O[C@@H](c8ccccc8)[C@H](C)N7C)c5C(=O)N(C(C)C)C(C)C)C6(C)C)c3C(=O)N(C(C)C)C(C)C)C4(C)C)c1C(=O)N(C(C)C)C(C)C)C2(C)C)C(C)C. The van der Waals surface area contributed by atoms with Gasteiger partial charge in [-0.15, -0.1) is 0 Å². The van der Waals surface area contributed by atoms with Gasteiger partial charge in [-0.25, -0.2) is 0 Å². The third-order valence-corrected chi connectivity index (χ3v) is 24.9. The summed E-state index contributed by atoms with van der Waals surface area (Å²) in [4.78, 5) is 126. The van der Waals surface area contributed by atoms with Gasteiger partial charge in [0.05, 0.1) is 33.4 Å². The van der Waals surface area contributed by atoms with E-state index in [0.717, 1.165) is 11.1 Å². The van der Waals surface area contributed by atoms with Gasteiger partial charge in [-0.05, 0) is 208 Å². The van der Waals surface area contributed by atoms with E-state index in [0.29, 0.717) is 73.2 Å². The number of hydrogen-bond donors (Lipinski definition) is 0. The first-order valence-corrected chi connectivity index (χ1v) is 42.6. The van der Waals surface area contributed by atoms with Gasteiger partial charge < -0.3 is 48.3 Å². The van der Waals surface area contributed by atoms with E-state index >= 15 is 28.8 Å². The molecule has 0 aromatic heterocycles. The second-order valence-electron chi connectivity index (χ2n) is 37.7. The van der Waals surface area contributed by atoms with Crippen molar-refractivity contribution in [2.75, 3.05) is 7.05 Å². The largest absolute Gasteiger partial charge is 0.455 e. The van der Waals surface area contributed by atoms with Gasteiger partial charge in [0.25, 0.3) is 35.4 Å². The lowest BCUT2D eigenvalue weighted by Gasteiger charge is -2.41. The van der Waals surface area contributed by atoms with E-state index in [2.05, 4.69) is 51.7 Å². The number of benzene rings is 7. The minimum Gasteiger partial charge on any atom is -0.455 e. The number of amides is 6. The van der Waals surface area contributed by atoms with E-state index in [1.807, 2.05) is 287 Å². The predicted octanol–water partition coefficient (Wildman–Crippen LogP) is 21.8. The Bertz CT molecular complexity index is 5010. The van der Waals surface area contributed by atoms with Gasteiger partial charge >= 0.3 is 0 Å². The molecule has 4 aliphatic rings. The molecule has 18 nitrogen and oxygen atoms in total. The molecule has 0 N–H and O–H groups in total. The fourth-order valence-electron chi connectivity index (χ4n) is 19.6. The summed E-state index contributed by atoms with van der Waals surface area (Å²) in [7, 11) is 2.02. The first-order chi connectivity index (χ1) is 54.6. The summed E-state index contributed by atoms with van der Waals surface area (Å²) >= 11 is 0. The zero-order valence-electron chi connectivity index (χ0n) is 75.7. The Morgan fingerprint density at radius 1 is 0.325 bits per heavy atom. The number of hydrogen-bond acceptors (Lipinski definition) is 12. The normalized spacial score (nSPS) is 16.9. The molecule has 4 heterocycles. The molecule has 117 heavy (non-hydrogen) atoms. The number of fused-ring (bicyclic) bond motifs is 6. The second kappa shape index (κ2) is 32.9. The minimum atomic E-state index is -1.06. The quantitative estimate of drug-likeness (QED) is 0.0554. The number of carbonyl (C=O) groups excluding carboxylic acids is 7. The fraction of sp³-hybridized carbons (Fsp3) is 0.505. The standard InChI is InChI=1S/C99H129N7O11/c1-51(2)101(52(3)4)90(108)77-65(50-107)38-44-71-84(77)114-85-72(97(71,26)27)45-39-66(78(85)91(109)102(53(5)6)54(7)8)67-40-46-73-86(79(67)92(110)103(55(9)10)56(11)12)115-87-74(98(73,28)29)47-41-68(80(87)93(111)104(57(13)14)58(15)16)69-42-48-75-88(81(69)94(112)105(59(17)18)60(19)20)116-89-76(99(75,30)31)49-43-70(82(89)95(113)106(61(21)22)62(23)24)96-100(32)63(25)83(117-96)64-36-34-33-35-37-64/h33-63,83,96H,1-32H3/t63-,83+,96-/m0/s1. The van der Waals surface area contributed by atoms with E-state index in [4.69, 9.17) is 18.9 Å². The molecule has 0 bridgehead atoms. The molecular formula is C99H129N7O11. The molecule has 0 aliphatic carbocycles. The summed E-state index contributed by atoms with van der Waals surface area (Å²) in [6, 6.07) is 29.1. The summed E-state index contributed by atoms with van der Waals surface area (Å²) in [5.74, 6) is -1.05. The van der Waals surface area contributed by atoms with Crippen molar-refractivity contribution >= 4 is 41.7 Å². The molecule has 7 aromatic rings. The lowest BCUT2D eigenvalue weighted by Crippen LogP contribution is -2.44. The zero-order valence-corrected chi connectivity index (χ0v) is 75.7. The Morgan fingerprint density at radius 3 is 0.821 bits per heavy atom. The lowest BCUT2D eigenvalue weighted by molar-refractivity contribution is 0.00435. The van der Waals surface area contributed by atoms with Crippen LogP contribution < -0.4 is 14.2 Å². The van der Waals surface area contributed by atoms with Crippen LogP contribution in [-0.4, -0.2) is 162 Å². The van der Waals surface area contributed by atoms with Gasteiger partial charge in [-0.3, -0.25) is 38.5 Å². The van der Waals surface area contributed by atoms with E-state index in [9.17, 15) is 4.79 Å². The first kappa shape index (κ1) is 88.2. The Morgan fingerprint density at radius 2 is 0.556 bits per heavy atom. The van der Waals surface area contributed by atoms with Crippen molar-refractivity contribution in [3.63, 3.8) is 0 Å². The number of carbonyl (C=O) groups is 7. The highest BCUT2D eigenvalue weighted by molar-refractivity contribution is 6.14. The molecule has 7 aromatic carbocycles. The number of likely N-dealkylation sites (N-methyl/N-ethyl adjacent to an activating group) is 1. The van der Waals surface area contributed by atoms with Gasteiger partial charge in [-0.1, -0.05) is 145 Å². The van der Waals surface area contributed by atoms with Crippen molar-refractivity contribution in [2.24, 2.45) is 0 Å². The number of aldehydes is 1. The van der Waals surface area contributed by atoms with Crippen molar-refractivity contribution in [3.8, 4) is 56.8 Å². The molecule has 6 amide bonds.